The van der Waals surface area contributed by atoms with E-state index in [1.54, 1.807) is 12.3 Å². The summed E-state index contributed by atoms with van der Waals surface area (Å²) in [4.78, 5) is 36.9. The van der Waals surface area contributed by atoms with Gasteiger partial charge in [0.25, 0.3) is 0 Å². The van der Waals surface area contributed by atoms with E-state index >= 15 is 0 Å². The van der Waals surface area contributed by atoms with E-state index < -0.39 is 11.9 Å². The van der Waals surface area contributed by atoms with E-state index in [1.807, 2.05) is 4.90 Å². The quantitative estimate of drug-likeness (QED) is 0.868. The van der Waals surface area contributed by atoms with Crippen LogP contribution in [0.1, 0.15) is 23.2 Å². The number of carboxylic acid groups (broad SMARTS) is 2. The zero-order valence-electron chi connectivity index (χ0n) is 12.8. The molecule has 0 spiro atoms. The number of nitrogens with zero attached hydrogens (tertiary/aromatic N) is 4. The first kappa shape index (κ1) is 15.9. The van der Waals surface area contributed by atoms with Crippen molar-refractivity contribution in [2.45, 2.75) is 12.8 Å². The molecule has 2 aromatic heterocycles. The molecule has 1 saturated heterocycles. The number of rotatable bonds is 4. The van der Waals surface area contributed by atoms with Gasteiger partial charge in [0.05, 0.1) is 22.9 Å². The van der Waals surface area contributed by atoms with Crippen molar-refractivity contribution in [3.63, 3.8) is 0 Å². The molecular weight excluding hydrogens is 312 g/mol. The van der Waals surface area contributed by atoms with Gasteiger partial charge in [0.15, 0.2) is 0 Å². The van der Waals surface area contributed by atoms with Gasteiger partial charge >= 0.3 is 11.9 Å². The lowest BCUT2D eigenvalue weighted by molar-refractivity contribution is -0.142. The largest absolute Gasteiger partial charge is 0.481 e. The lowest BCUT2D eigenvalue weighted by Crippen LogP contribution is -2.37. The molecule has 0 unspecified atom stereocenters. The van der Waals surface area contributed by atoms with Gasteiger partial charge in [0.2, 0.25) is 5.95 Å². The molecule has 8 heteroatoms. The van der Waals surface area contributed by atoms with E-state index in [4.69, 9.17) is 10.2 Å². The molecule has 0 aromatic carbocycles. The van der Waals surface area contributed by atoms with Crippen LogP contribution in [0.4, 0.5) is 5.95 Å². The van der Waals surface area contributed by atoms with Crippen molar-refractivity contribution in [1.29, 1.82) is 0 Å². The van der Waals surface area contributed by atoms with Gasteiger partial charge in [0.1, 0.15) is 0 Å². The fraction of sp³-hybridized carbons (Fsp3) is 0.312. The Morgan fingerprint density at radius 1 is 1.04 bits per heavy atom. The molecule has 0 bridgehead atoms. The van der Waals surface area contributed by atoms with Crippen LogP contribution in [-0.2, 0) is 4.79 Å². The van der Waals surface area contributed by atoms with E-state index in [-0.39, 0.29) is 11.5 Å². The van der Waals surface area contributed by atoms with Crippen LogP contribution in [0.3, 0.4) is 0 Å². The monoisotopic (exact) mass is 328 g/mol. The Hall–Kier alpha value is -3.03. The minimum absolute atomic E-state index is 0.141. The fourth-order valence-electron chi connectivity index (χ4n) is 2.67. The SMILES string of the molecule is O=C(O)c1ccnc(-c2ccnc(N3CCC(C(=O)O)CC3)n2)c1. The summed E-state index contributed by atoms with van der Waals surface area (Å²) >= 11 is 0. The Balaban J connectivity index is 1.81. The average molecular weight is 328 g/mol. The second-order valence-electron chi connectivity index (χ2n) is 5.58. The number of aliphatic carboxylic acids is 1. The molecule has 0 amide bonds. The number of carboxylic acids is 2. The first-order valence-corrected chi connectivity index (χ1v) is 7.55. The minimum atomic E-state index is -1.02. The fourth-order valence-corrected chi connectivity index (χ4v) is 2.67. The van der Waals surface area contributed by atoms with Gasteiger partial charge in [-0.3, -0.25) is 9.78 Å². The second kappa shape index (κ2) is 6.61. The van der Waals surface area contributed by atoms with Crippen LogP contribution >= 0.6 is 0 Å². The summed E-state index contributed by atoms with van der Waals surface area (Å²) in [6.07, 6.45) is 4.13. The number of hydrogen-bond acceptors (Lipinski definition) is 6. The molecule has 0 aliphatic carbocycles. The van der Waals surface area contributed by atoms with Gasteiger partial charge in [-0.2, -0.15) is 0 Å². The maximum atomic E-state index is 11.1. The first-order valence-electron chi connectivity index (χ1n) is 7.55. The van der Waals surface area contributed by atoms with Crippen molar-refractivity contribution in [3.05, 3.63) is 36.2 Å². The summed E-state index contributed by atoms with van der Waals surface area (Å²) in [5, 5.41) is 18.1. The van der Waals surface area contributed by atoms with Crippen LogP contribution in [-0.4, -0.2) is 50.2 Å². The highest BCUT2D eigenvalue weighted by Gasteiger charge is 2.25. The summed E-state index contributed by atoms with van der Waals surface area (Å²) < 4.78 is 0. The van der Waals surface area contributed by atoms with Crippen molar-refractivity contribution in [2.75, 3.05) is 18.0 Å². The summed E-state index contributed by atoms with van der Waals surface area (Å²) in [5.74, 6) is -1.61. The molecule has 0 atom stereocenters. The Morgan fingerprint density at radius 2 is 1.75 bits per heavy atom. The number of hydrogen-bond donors (Lipinski definition) is 2. The van der Waals surface area contributed by atoms with Gasteiger partial charge in [-0.1, -0.05) is 0 Å². The Labute approximate surface area is 137 Å². The predicted molar refractivity (Wildman–Crippen MR) is 84.8 cm³/mol. The van der Waals surface area contributed by atoms with Crippen molar-refractivity contribution >= 4 is 17.9 Å². The smallest absolute Gasteiger partial charge is 0.335 e. The van der Waals surface area contributed by atoms with E-state index in [1.165, 1.54) is 18.3 Å². The van der Waals surface area contributed by atoms with Gasteiger partial charge < -0.3 is 15.1 Å². The second-order valence-corrected chi connectivity index (χ2v) is 5.58. The number of pyridine rings is 1. The van der Waals surface area contributed by atoms with Crippen LogP contribution in [0, 0.1) is 5.92 Å². The maximum absolute atomic E-state index is 11.1. The molecule has 124 valence electrons. The predicted octanol–water partition coefficient (Wildman–Crippen LogP) is 1.54. The minimum Gasteiger partial charge on any atom is -0.481 e. The van der Waals surface area contributed by atoms with Crippen molar-refractivity contribution in [2.24, 2.45) is 5.92 Å². The lowest BCUT2D eigenvalue weighted by atomic mass is 9.97. The summed E-state index contributed by atoms with van der Waals surface area (Å²) in [5.41, 5.74) is 1.13. The standard InChI is InChI=1S/C16H16N4O4/c21-14(22)10-3-7-20(8-4-10)16-18-6-2-12(19-16)13-9-11(15(23)24)1-5-17-13/h1-2,5-6,9-10H,3-4,7-8H2,(H,21,22)(H,23,24). The third kappa shape index (κ3) is 3.32. The van der Waals surface area contributed by atoms with Crippen LogP contribution < -0.4 is 4.90 Å². The van der Waals surface area contributed by atoms with Crippen molar-refractivity contribution < 1.29 is 19.8 Å². The van der Waals surface area contributed by atoms with Crippen LogP contribution in [0.2, 0.25) is 0 Å². The number of anilines is 1. The van der Waals surface area contributed by atoms with E-state index in [9.17, 15) is 9.59 Å². The highest BCUT2D eigenvalue weighted by atomic mass is 16.4. The van der Waals surface area contributed by atoms with Crippen LogP contribution in [0.15, 0.2) is 30.6 Å². The lowest BCUT2D eigenvalue weighted by Gasteiger charge is -2.30. The van der Waals surface area contributed by atoms with Crippen LogP contribution in [0.25, 0.3) is 11.4 Å². The topological polar surface area (TPSA) is 117 Å². The third-order valence-electron chi connectivity index (χ3n) is 4.04. The zero-order chi connectivity index (χ0) is 17.1. The van der Waals surface area contributed by atoms with Gasteiger partial charge in [-0.25, -0.2) is 14.8 Å². The summed E-state index contributed by atoms with van der Waals surface area (Å²) in [6.45, 7) is 1.14. The molecule has 1 fully saturated rings. The Kier molecular flexibility index (Phi) is 4.37. The molecule has 8 nitrogen and oxygen atoms in total. The van der Waals surface area contributed by atoms with E-state index in [0.717, 1.165) is 0 Å². The van der Waals surface area contributed by atoms with E-state index in [0.29, 0.717) is 43.3 Å². The average Bonchev–Trinajstić information content (AvgIpc) is 2.62. The van der Waals surface area contributed by atoms with Crippen LogP contribution in [0.5, 0.6) is 0 Å². The molecule has 1 aliphatic rings. The first-order chi connectivity index (χ1) is 11.5. The molecule has 3 heterocycles. The number of carbonyl (C=O) groups is 2. The molecule has 3 rings (SSSR count). The molecule has 2 aromatic rings. The van der Waals surface area contributed by atoms with Crippen molar-refractivity contribution in [1.82, 2.24) is 15.0 Å². The molecule has 0 saturated carbocycles. The van der Waals surface area contributed by atoms with E-state index in [2.05, 4.69) is 15.0 Å². The van der Waals surface area contributed by atoms with Gasteiger partial charge in [0, 0.05) is 25.5 Å². The normalized spacial score (nSPS) is 15.2. The summed E-state index contributed by atoms with van der Waals surface area (Å²) in [7, 11) is 0. The number of piperidine rings is 1. The highest BCUT2D eigenvalue weighted by Crippen LogP contribution is 2.23. The zero-order valence-corrected chi connectivity index (χ0v) is 12.8. The maximum Gasteiger partial charge on any atom is 0.335 e. The molecule has 1 aliphatic heterocycles. The molecule has 2 N–H and O–H groups in total. The Bertz CT molecular complexity index is 772. The Morgan fingerprint density at radius 3 is 2.42 bits per heavy atom. The number of aromatic carboxylic acids is 1. The van der Waals surface area contributed by atoms with Gasteiger partial charge in [-0.15, -0.1) is 0 Å². The summed E-state index contributed by atoms with van der Waals surface area (Å²) in [6, 6.07) is 4.55. The molecule has 0 radical (unpaired) electrons. The highest BCUT2D eigenvalue weighted by molar-refractivity contribution is 5.88. The van der Waals surface area contributed by atoms with Crippen molar-refractivity contribution in [3.8, 4) is 11.4 Å². The number of aromatic nitrogens is 3. The molecule has 24 heavy (non-hydrogen) atoms. The molecular formula is C16H16N4O4. The third-order valence-corrected chi connectivity index (χ3v) is 4.04. The van der Waals surface area contributed by atoms with Gasteiger partial charge in [-0.05, 0) is 31.0 Å².